The molecule has 134 valence electrons. The van der Waals surface area contributed by atoms with Crippen molar-refractivity contribution in [3.63, 3.8) is 0 Å². The predicted molar refractivity (Wildman–Crippen MR) is 97.2 cm³/mol. The van der Waals surface area contributed by atoms with Crippen LogP contribution in [0.5, 0.6) is 0 Å². The fourth-order valence-electron chi connectivity index (χ4n) is 2.96. The topological polar surface area (TPSA) is 86.1 Å². The first kappa shape index (κ1) is 17.9. The molecule has 1 aliphatic carbocycles. The van der Waals surface area contributed by atoms with E-state index in [2.05, 4.69) is 15.5 Å². The molecule has 0 aliphatic heterocycles. The van der Waals surface area contributed by atoms with E-state index < -0.39 is 5.97 Å². The lowest BCUT2D eigenvalue weighted by Crippen LogP contribution is -2.16. The van der Waals surface area contributed by atoms with E-state index in [1.54, 1.807) is 11.4 Å². The van der Waals surface area contributed by atoms with Gasteiger partial charge in [0.1, 0.15) is 10.8 Å². The summed E-state index contributed by atoms with van der Waals surface area (Å²) in [6.07, 6.45) is 4.80. The van der Waals surface area contributed by atoms with E-state index >= 15 is 0 Å². The van der Waals surface area contributed by atoms with Gasteiger partial charge in [-0.25, -0.2) is 4.79 Å². The number of hydrogen-bond donors (Lipinski definition) is 1. The van der Waals surface area contributed by atoms with Crippen molar-refractivity contribution < 1.29 is 14.3 Å². The maximum Gasteiger partial charge on any atom is 0.340 e. The smallest absolute Gasteiger partial charge is 0.340 e. The largest absolute Gasteiger partial charge is 0.465 e. The minimum atomic E-state index is -0.460. The maximum absolute atomic E-state index is 12.2. The number of rotatable bonds is 6. The molecule has 2 aromatic rings. The highest BCUT2D eigenvalue weighted by molar-refractivity contribution is 7.99. The zero-order chi connectivity index (χ0) is 17.8. The summed E-state index contributed by atoms with van der Waals surface area (Å²) in [5.41, 5.74) is 0.369. The molecule has 1 saturated carbocycles. The zero-order valence-electron chi connectivity index (χ0n) is 14.2. The van der Waals surface area contributed by atoms with Gasteiger partial charge in [0.2, 0.25) is 5.91 Å². The van der Waals surface area contributed by atoms with Crippen LogP contribution >= 0.6 is 23.1 Å². The van der Waals surface area contributed by atoms with Crippen molar-refractivity contribution in [1.82, 2.24) is 14.8 Å². The zero-order valence-corrected chi connectivity index (χ0v) is 15.8. The fourth-order valence-corrected chi connectivity index (χ4v) is 4.47. The highest BCUT2D eigenvalue weighted by atomic mass is 32.2. The van der Waals surface area contributed by atoms with Gasteiger partial charge >= 0.3 is 5.97 Å². The van der Waals surface area contributed by atoms with Crippen molar-refractivity contribution in [3.8, 4) is 0 Å². The first-order valence-corrected chi connectivity index (χ1v) is 9.94. The third-order valence-corrected chi connectivity index (χ3v) is 6.09. The minimum Gasteiger partial charge on any atom is -0.465 e. The van der Waals surface area contributed by atoms with Gasteiger partial charge in [0.15, 0.2) is 5.16 Å². The molecule has 0 atom stereocenters. The Balaban J connectivity index is 1.58. The summed E-state index contributed by atoms with van der Waals surface area (Å²) in [6, 6.07) is 1.63. The average molecular weight is 380 g/mol. The van der Waals surface area contributed by atoms with Crippen molar-refractivity contribution in [3.05, 3.63) is 22.8 Å². The van der Waals surface area contributed by atoms with E-state index in [1.807, 2.05) is 11.6 Å². The van der Waals surface area contributed by atoms with Crippen molar-refractivity contribution in [1.29, 1.82) is 0 Å². The van der Waals surface area contributed by atoms with E-state index in [0.717, 1.165) is 23.8 Å². The summed E-state index contributed by atoms with van der Waals surface area (Å²) in [6.45, 7) is 0. The van der Waals surface area contributed by atoms with Crippen LogP contribution in [0.25, 0.3) is 0 Å². The molecule has 9 heteroatoms. The number of nitrogens with one attached hydrogen (secondary N) is 1. The van der Waals surface area contributed by atoms with Crippen LogP contribution in [0.4, 0.5) is 5.00 Å². The van der Waals surface area contributed by atoms with Crippen LogP contribution in [-0.2, 0) is 16.6 Å². The second-order valence-electron chi connectivity index (χ2n) is 5.87. The third-order valence-electron chi connectivity index (χ3n) is 4.24. The van der Waals surface area contributed by atoms with E-state index in [1.165, 1.54) is 43.1 Å². The van der Waals surface area contributed by atoms with E-state index in [-0.39, 0.29) is 11.7 Å². The Morgan fingerprint density at radius 2 is 2.16 bits per heavy atom. The number of esters is 1. The molecular formula is C16H20N4O3S2. The average Bonchev–Trinajstić information content (AvgIpc) is 3.33. The Kier molecular flexibility index (Phi) is 5.74. The van der Waals surface area contributed by atoms with Crippen LogP contribution in [0.1, 0.15) is 47.8 Å². The molecule has 0 saturated heterocycles. The molecule has 25 heavy (non-hydrogen) atoms. The van der Waals surface area contributed by atoms with Crippen LogP contribution in [0.3, 0.4) is 0 Å². The number of nitrogens with zero attached hydrogens (tertiary/aromatic N) is 3. The molecule has 0 radical (unpaired) electrons. The number of carbonyl (C=O) groups excluding carboxylic acids is 2. The Morgan fingerprint density at radius 1 is 1.40 bits per heavy atom. The minimum absolute atomic E-state index is 0.192. The number of hydrogen-bond acceptors (Lipinski definition) is 7. The van der Waals surface area contributed by atoms with Gasteiger partial charge in [0, 0.05) is 13.0 Å². The summed E-state index contributed by atoms with van der Waals surface area (Å²) in [4.78, 5) is 23.8. The van der Waals surface area contributed by atoms with Gasteiger partial charge in [0.05, 0.1) is 18.4 Å². The molecule has 0 spiro atoms. The van der Waals surface area contributed by atoms with Gasteiger partial charge < -0.3 is 14.6 Å². The molecule has 0 unspecified atom stereocenters. The summed E-state index contributed by atoms with van der Waals surface area (Å²) >= 11 is 2.63. The third kappa shape index (κ3) is 4.04. The van der Waals surface area contributed by atoms with Crippen molar-refractivity contribution in [2.24, 2.45) is 7.05 Å². The highest BCUT2D eigenvalue weighted by Gasteiger charge is 2.23. The molecule has 1 fully saturated rings. The number of carbonyl (C=O) groups is 2. The molecule has 7 nitrogen and oxygen atoms in total. The van der Waals surface area contributed by atoms with Crippen molar-refractivity contribution in [2.45, 2.75) is 36.8 Å². The number of anilines is 1. The quantitative estimate of drug-likeness (QED) is 0.612. The number of thioether (sulfide) groups is 1. The maximum atomic E-state index is 12.2. The standard InChI is InChI=1S/C16H20N4O3S2/c1-20-13(10-5-3-4-6-10)18-19-16(20)25-9-12(21)17-14-11(7-8-24-14)15(22)23-2/h7-8,10H,3-6,9H2,1-2H3,(H,17,21). The van der Waals surface area contributed by atoms with Gasteiger partial charge in [-0.2, -0.15) is 0 Å². The second-order valence-corrected chi connectivity index (χ2v) is 7.73. The number of ether oxygens (including phenoxy) is 1. The van der Waals surface area contributed by atoms with Crippen molar-refractivity contribution >= 4 is 40.0 Å². The second kappa shape index (κ2) is 8.01. The van der Waals surface area contributed by atoms with Gasteiger partial charge in [-0.1, -0.05) is 24.6 Å². The van der Waals surface area contributed by atoms with E-state index in [4.69, 9.17) is 4.74 Å². The summed E-state index contributed by atoms with van der Waals surface area (Å²) in [5, 5.41) is 14.2. The van der Waals surface area contributed by atoms with Gasteiger partial charge in [0.25, 0.3) is 0 Å². The van der Waals surface area contributed by atoms with Crippen LogP contribution in [0.15, 0.2) is 16.6 Å². The summed E-state index contributed by atoms with van der Waals surface area (Å²) < 4.78 is 6.69. The van der Waals surface area contributed by atoms with E-state index in [0.29, 0.717) is 16.5 Å². The van der Waals surface area contributed by atoms with Gasteiger partial charge in [-0.05, 0) is 24.3 Å². The summed E-state index contributed by atoms with van der Waals surface area (Å²) in [7, 11) is 3.26. The van der Waals surface area contributed by atoms with Gasteiger partial charge in [-0.15, -0.1) is 21.5 Å². The Hall–Kier alpha value is -1.87. The molecule has 1 N–H and O–H groups in total. The predicted octanol–water partition coefficient (Wildman–Crippen LogP) is 3.05. The Bertz CT molecular complexity index is 765. The highest BCUT2D eigenvalue weighted by Crippen LogP contribution is 2.34. The van der Waals surface area contributed by atoms with E-state index in [9.17, 15) is 9.59 Å². The molecule has 3 rings (SSSR count). The fraction of sp³-hybridized carbons (Fsp3) is 0.500. The lowest BCUT2D eigenvalue weighted by atomic mass is 10.1. The van der Waals surface area contributed by atoms with Crippen LogP contribution in [0.2, 0.25) is 0 Å². The number of thiophene rings is 1. The molecular weight excluding hydrogens is 360 g/mol. The van der Waals surface area contributed by atoms with Crippen LogP contribution in [-0.4, -0.2) is 39.5 Å². The first-order valence-electron chi connectivity index (χ1n) is 8.08. The monoisotopic (exact) mass is 380 g/mol. The SMILES string of the molecule is COC(=O)c1ccsc1NC(=O)CSc1nnc(C2CCCC2)n1C. The van der Waals surface area contributed by atoms with Crippen LogP contribution < -0.4 is 5.32 Å². The molecule has 2 heterocycles. The first-order chi connectivity index (χ1) is 12.1. The number of amides is 1. The molecule has 2 aromatic heterocycles. The molecule has 1 aliphatic rings. The summed E-state index contributed by atoms with van der Waals surface area (Å²) in [5.74, 6) is 1.04. The lowest BCUT2D eigenvalue weighted by molar-refractivity contribution is -0.113. The molecule has 1 amide bonds. The number of methoxy groups -OCH3 is 1. The molecule has 0 bridgehead atoms. The van der Waals surface area contributed by atoms with Crippen LogP contribution in [0, 0.1) is 0 Å². The Morgan fingerprint density at radius 3 is 2.88 bits per heavy atom. The molecule has 0 aromatic carbocycles. The lowest BCUT2D eigenvalue weighted by Gasteiger charge is -2.09. The van der Waals surface area contributed by atoms with Crippen molar-refractivity contribution in [2.75, 3.05) is 18.2 Å². The normalized spacial score (nSPS) is 14.6. The Labute approximate surface area is 154 Å². The van der Waals surface area contributed by atoms with Gasteiger partial charge in [-0.3, -0.25) is 4.79 Å². The number of aromatic nitrogens is 3.